The molecule has 0 saturated heterocycles. The van der Waals surface area contributed by atoms with Crippen molar-refractivity contribution in [3.63, 3.8) is 0 Å². The van der Waals surface area contributed by atoms with E-state index in [9.17, 15) is 0 Å². The third-order valence-corrected chi connectivity index (χ3v) is 11.7. The fourth-order valence-electron chi connectivity index (χ4n) is 8.46. The zero-order chi connectivity index (χ0) is 41.0. The lowest BCUT2D eigenvalue weighted by atomic mass is 9.93. The highest BCUT2D eigenvalue weighted by atomic mass is 15.0. The second-order valence-corrected chi connectivity index (χ2v) is 15.9. The van der Waals surface area contributed by atoms with Gasteiger partial charge in [-0.05, 0) is 118 Å². The lowest BCUT2D eigenvalue weighted by Gasteiger charge is -2.15. The Morgan fingerprint density at radius 2 is 0.770 bits per heavy atom. The predicted octanol–water partition coefficient (Wildman–Crippen LogP) is 15.3. The van der Waals surface area contributed by atoms with Gasteiger partial charge in [-0.15, -0.1) is 0 Å². The number of hydrogen-bond donors (Lipinski definition) is 0. The molecule has 2 aliphatic rings. The molecule has 3 heteroatoms. The standard InChI is InChI=1S/C58H45N3/c1-40-27-36-53(51-24-14-22-49(39-51)46-34-30-44(31-35-46)42-17-7-3-8-18-42)55(37-40)58-60-56(47-19-9-4-10-20-47)59-57(61-58)54-26-12-11-25-52(54)50-23-13-21-48(38-50)45-32-28-43(29-33-45)41-15-5-2-6-16-41/h4-5,7,9-39H,2-3,6,8H2,1H3. The van der Waals surface area contributed by atoms with E-state index in [1.165, 1.54) is 33.4 Å². The highest BCUT2D eigenvalue weighted by molar-refractivity contribution is 5.87. The maximum Gasteiger partial charge on any atom is 0.164 e. The van der Waals surface area contributed by atoms with Crippen molar-refractivity contribution in [3.8, 4) is 78.7 Å². The van der Waals surface area contributed by atoms with Gasteiger partial charge in [0.2, 0.25) is 0 Å². The number of benzene rings is 7. The van der Waals surface area contributed by atoms with Crippen molar-refractivity contribution in [1.29, 1.82) is 0 Å². The average molecular weight is 784 g/mol. The summed E-state index contributed by atoms with van der Waals surface area (Å²) in [4.78, 5) is 15.8. The third kappa shape index (κ3) is 8.11. The molecule has 7 aromatic carbocycles. The first-order chi connectivity index (χ1) is 30.1. The Balaban J connectivity index is 1.05. The SMILES string of the molecule is Cc1ccc(-c2cccc(-c3ccc(C4=CCCC=C4)cc3)c2)c(-c2nc(-c3ccccc3)nc(-c3ccccc3-c3cccc(-c4ccc(C5=CCCC=C5)cc4)c3)n2)c1. The van der Waals surface area contributed by atoms with Gasteiger partial charge in [-0.25, -0.2) is 15.0 Å². The first kappa shape index (κ1) is 37.8. The van der Waals surface area contributed by atoms with E-state index in [1.54, 1.807) is 0 Å². The van der Waals surface area contributed by atoms with Crippen molar-refractivity contribution >= 4 is 11.1 Å². The van der Waals surface area contributed by atoms with Crippen LogP contribution in [0, 0.1) is 6.92 Å². The Morgan fingerprint density at radius 1 is 0.311 bits per heavy atom. The molecule has 0 unspecified atom stereocenters. The van der Waals surface area contributed by atoms with Crippen LogP contribution in [0.3, 0.4) is 0 Å². The van der Waals surface area contributed by atoms with Gasteiger partial charge in [0, 0.05) is 16.7 Å². The van der Waals surface area contributed by atoms with E-state index in [-0.39, 0.29) is 0 Å². The van der Waals surface area contributed by atoms with Gasteiger partial charge in [-0.1, -0.05) is 194 Å². The van der Waals surface area contributed by atoms with Crippen LogP contribution in [0.2, 0.25) is 0 Å². The molecule has 3 nitrogen and oxygen atoms in total. The normalized spacial score (nSPS) is 13.5. The van der Waals surface area contributed by atoms with Crippen LogP contribution in [-0.2, 0) is 0 Å². The van der Waals surface area contributed by atoms with E-state index in [2.05, 4.69) is 195 Å². The predicted molar refractivity (Wildman–Crippen MR) is 255 cm³/mol. The summed E-state index contributed by atoms with van der Waals surface area (Å²) in [6.45, 7) is 2.13. The molecule has 0 bridgehead atoms. The molecule has 8 aromatic rings. The first-order valence-corrected chi connectivity index (χ1v) is 21.3. The van der Waals surface area contributed by atoms with E-state index in [4.69, 9.17) is 15.0 Å². The molecule has 0 saturated carbocycles. The van der Waals surface area contributed by atoms with Gasteiger partial charge >= 0.3 is 0 Å². The molecular weight excluding hydrogens is 739 g/mol. The summed E-state index contributed by atoms with van der Waals surface area (Å²) < 4.78 is 0. The number of aryl methyl sites for hydroxylation is 1. The summed E-state index contributed by atoms with van der Waals surface area (Å²) in [5.41, 5.74) is 18.1. The number of rotatable bonds is 9. The quantitative estimate of drug-likeness (QED) is 0.146. The third-order valence-electron chi connectivity index (χ3n) is 11.7. The summed E-state index contributed by atoms with van der Waals surface area (Å²) in [6.07, 6.45) is 18.1. The van der Waals surface area contributed by atoms with Crippen LogP contribution >= 0.6 is 0 Å². The molecule has 292 valence electrons. The van der Waals surface area contributed by atoms with Crippen LogP contribution in [-0.4, -0.2) is 15.0 Å². The zero-order valence-electron chi connectivity index (χ0n) is 34.3. The Labute approximate surface area is 358 Å². The average Bonchev–Trinajstić information content (AvgIpc) is 3.35. The van der Waals surface area contributed by atoms with Crippen LogP contribution in [0.15, 0.2) is 206 Å². The molecule has 0 N–H and O–H groups in total. The highest BCUT2D eigenvalue weighted by Crippen LogP contribution is 2.38. The van der Waals surface area contributed by atoms with E-state index in [0.29, 0.717) is 17.5 Å². The van der Waals surface area contributed by atoms with Crippen molar-refractivity contribution in [3.05, 3.63) is 223 Å². The maximum atomic E-state index is 5.34. The van der Waals surface area contributed by atoms with Crippen molar-refractivity contribution in [2.24, 2.45) is 0 Å². The molecule has 0 fully saturated rings. The van der Waals surface area contributed by atoms with Crippen molar-refractivity contribution in [2.45, 2.75) is 32.6 Å². The van der Waals surface area contributed by atoms with Gasteiger partial charge < -0.3 is 0 Å². The van der Waals surface area contributed by atoms with Crippen LogP contribution < -0.4 is 0 Å². The fourth-order valence-corrected chi connectivity index (χ4v) is 8.46. The minimum atomic E-state index is 0.632. The largest absolute Gasteiger partial charge is 0.208 e. The van der Waals surface area contributed by atoms with Gasteiger partial charge in [0.1, 0.15) is 0 Å². The first-order valence-electron chi connectivity index (χ1n) is 21.3. The van der Waals surface area contributed by atoms with Crippen molar-refractivity contribution in [2.75, 3.05) is 0 Å². The van der Waals surface area contributed by atoms with E-state index < -0.39 is 0 Å². The van der Waals surface area contributed by atoms with Crippen LogP contribution in [0.1, 0.15) is 42.4 Å². The van der Waals surface area contributed by atoms with E-state index >= 15 is 0 Å². The minimum absolute atomic E-state index is 0.632. The second kappa shape index (κ2) is 17.0. The summed E-state index contributed by atoms with van der Waals surface area (Å²) in [5, 5.41) is 0. The number of hydrogen-bond acceptors (Lipinski definition) is 3. The lowest BCUT2D eigenvalue weighted by molar-refractivity contribution is 1.04. The summed E-state index contributed by atoms with van der Waals surface area (Å²) >= 11 is 0. The Kier molecular flexibility index (Phi) is 10.5. The van der Waals surface area contributed by atoms with E-state index in [0.717, 1.165) is 81.3 Å². The molecule has 61 heavy (non-hydrogen) atoms. The number of allylic oxidation sites excluding steroid dienone is 8. The molecule has 0 amide bonds. The molecule has 0 atom stereocenters. The monoisotopic (exact) mass is 783 g/mol. The van der Waals surface area contributed by atoms with Gasteiger partial charge in [0.25, 0.3) is 0 Å². The molecule has 1 aromatic heterocycles. The maximum absolute atomic E-state index is 5.34. The van der Waals surface area contributed by atoms with Crippen LogP contribution in [0.5, 0.6) is 0 Å². The smallest absolute Gasteiger partial charge is 0.164 e. The van der Waals surface area contributed by atoms with Gasteiger partial charge in [-0.3, -0.25) is 0 Å². The van der Waals surface area contributed by atoms with E-state index in [1.807, 2.05) is 18.2 Å². The molecule has 0 aliphatic heterocycles. The Bertz CT molecular complexity index is 3000. The van der Waals surface area contributed by atoms with Crippen molar-refractivity contribution in [1.82, 2.24) is 15.0 Å². The highest BCUT2D eigenvalue weighted by Gasteiger charge is 2.19. The fraction of sp³-hybridized carbons (Fsp3) is 0.0862. The summed E-state index contributed by atoms with van der Waals surface area (Å²) in [6, 6.07) is 60.7. The minimum Gasteiger partial charge on any atom is -0.208 e. The summed E-state index contributed by atoms with van der Waals surface area (Å²) in [5.74, 6) is 1.90. The number of aromatic nitrogens is 3. The van der Waals surface area contributed by atoms with Gasteiger partial charge in [0.05, 0.1) is 0 Å². The topological polar surface area (TPSA) is 38.7 Å². The second-order valence-electron chi connectivity index (χ2n) is 15.9. The molecule has 10 rings (SSSR count). The zero-order valence-corrected chi connectivity index (χ0v) is 34.3. The lowest BCUT2D eigenvalue weighted by Crippen LogP contribution is -2.02. The molecular formula is C58H45N3. The Hall–Kier alpha value is -7.49. The van der Waals surface area contributed by atoms with Gasteiger partial charge in [0.15, 0.2) is 17.5 Å². The van der Waals surface area contributed by atoms with Gasteiger partial charge in [-0.2, -0.15) is 0 Å². The number of nitrogens with zero attached hydrogens (tertiary/aromatic N) is 3. The molecule has 1 heterocycles. The molecule has 0 spiro atoms. The summed E-state index contributed by atoms with van der Waals surface area (Å²) in [7, 11) is 0. The molecule has 0 radical (unpaired) electrons. The van der Waals surface area contributed by atoms with Crippen LogP contribution in [0.25, 0.3) is 89.8 Å². The van der Waals surface area contributed by atoms with Crippen molar-refractivity contribution < 1.29 is 0 Å². The molecule has 2 aliphatic carbocycles. The Morgan fingerprint density at radius 3 is 1.33 bits per heavy atom. The van der Waals surface area contributed by atoms with Crippen LogP contribution in [0.4, 0.5) is 0 Å².